The summed E-state index contributed by atoms with van der Waals surface area (Å²) >= 11 is 0. The predicted octanol–water partition coefficient (Wildman–Crippen LogP) is 20.3. The van der Waals surface area contributed by atoms with Crippen LogP contribution in [-0.2, 0) is 92.7 Å². The maximum atomic E-state index is 12.2. The van der Waals surface area contributed by atoms with E-state index in [1.165, 1.54) is 15.9 Å². The Labute approximate surface area is 808 Å². The normalized spacial score (nSPS) is 9.91. The minimum Gasteiger partial charge on any atom is -0.490 e. The van der Waals surface area contributed by atoms with Gasteiger partial charge in [0.1, 0.15) is 71.0 Å². The number of para-hydroxylation sites is 2. The number of esters is 8. The van der Waals surface area contributed by atoms with E-state index < -0.39 is 39.7 Å². The van der Waals surface area contributed by atoms with Crippen LogP contribution in [0.25, 0.3) is 49.5 Å². The third-order valence-electron chi connectivity index (χ3n) is 18.0. The van der Waals surface area contributed by atoms with Crippen molar-refractivity contribution in [1.82, 2.24) is 9.80 Å². The molecule has 0 aliphatic heterocycles. The fourth-order valence-corrected chi connectivity index (χ4v) is 12.3. The van der Waals surface area contributed by atoms with Crippen molar-refractivity contribution < 1.29 is 111 Å². The van der Waals surface area contributed by atoms with Crippen LogP contribution in [0.5, 0.6) is 11.5 Å². The van der Waals surface area contributed by atoms with E-state index in [4.69, 9.17) is 53.8 Å². The topological polar surface area (TPSA) is 304 Å². The lowest BCUT2D eigenvalue weighted by molar-refractivity contribution is -0.146. The summed E-state index contributed by atoms with van der Waals surface area (Å²) in [6, 6.07) is 87.7. The summed E-state index contributed by atoms with van der Waals surface area (Å²) in [4.78, 5) is 117. The summed E-state index contributed by atoms with van der Waals surface area (Å²) in [6.07, 6.45) is 10.5. The number of carbonyl (C=O) groups is 10. The van der Waals surface area contributed by atoms with E-state index in [1.807, 2.05) is 231 Å². The van der Waals surface area contributed by atoms with Crippen molar-refractivity contribution in [2.24, 2.45) is 0 Å². The average Bonchev–Trinajstić information content (AvgIpc) is 0.808. The van der Waals surface area contributed by atoms with Crippen LogP contribution in [0, 0.1) is 36.1 Å². The van der Waals surface area contributed by atoms with Crippen molar-refractivity contribution in [3.63, 3.8) is 0 Å². The van der Waals surface area contributed by atoms with E-state index in [0.29, 0.717) is 65.4 Å². The molecular formula is C112H120N2O22S. The number of benzene rings is 11. The molecule has 0 aliphatic rings. The van der Waals surface area contributed by atoms with Gasteiger partial charge >= 0.3 is 47.8 Å². The number of amides is 2. The van der Waals surface area contributed by atoms with Crippen LogP contribution in [0.15, 0.2) is 370 Å². The SMILES string of the molecule is C#CC#CC#CN(CCOC(=O)c1ccc2ccccc2c1)C(=O)C(=C)C.C=C(C)C(=O)N(C)CCOC(=O)c1ccc2ccccc2c1.C=C(C)C(=O)OCCOC(=O)/C=C/c1ccc(-c2ccccc2)cc1.C=C(C)C(=O)OCCOc1ccccc1.C=C(C)C(=O)OCc1ccccc1.C=CC(=O)OCCCS(=O)(=O)c1ccc2ccccc2c1.C=CC(=O)OCCOc1ccccc1.[HH].[HH].[HH].[HH].[HH]. The van der Waals surface area contributed by atoms with E-state index in [9.17, 15) is 56.4 Å². The Morgan fingerprint density at radius 2 is 0.774 bits per heavy atom. The van der Waals surface area contributed by atoms with E-state index in [1.54, 1.807) is 90.2 Å². The van der Waals surface area contributed by atoms with Gasteiger partial charge < -0.3 is 52.3 Å². The van der Waals surface area contributed by atoms with Gasteiger partial charge in [0.15, 0.2) is 9.84 Å². The highest BCUT2D eigenvalue weighted by molar-refractivity contribution is 7.91. The van der Waals surface area contributed by atoms with Gasteiger partial charge in [0.05, 0.1) is 41.5 Å². The number of ether oxygens (including phenoxy) is 10. The molecule has 0 atom stereocenters. The molecule has 137 heavy (non-hydrogen) atoms. The van der Waals surface area contributed by atoms with E-state index in [2.05, 4.69) is 75.8 Å². The highest BCUT2D eigenvalue weighted by atomic mass is 32.2. The molecule has 11 rings (SSSR count). The zero-order chi connectivity index (χ0) is 100. The molecule has 0 fully saturated rings. The first-order valence-electron chi connectivity index (χ1n) is 42.7. The fourth-order valence-electron chi connectivity index (χ4n) is 11.0. The molecule has 11 aromatic carbocycles. The molecule has 0 heterocycles. The molecule has 0 spiro atoms. The van der Waals surface area contributed by atoms with Gasteiger partial charge in [-0.1, -0.05) is 258 Å². The quantitative estimate of drug-likeness (QED) is 0.00879. The third-order valence-corrected chi connectivity index (χ3v) is 19.8. The molecule has 0 N–H and O–H groups in total. The summed E-state index contributed by atoms with van der Waals surface area (Å²) in [5.41, 5.74) is 6.99. The molecule has 0 saturated heterocycles. The highest BCUT2D eigenvalue weighted by Crippen LogP contribution is 2.24. The van der Waals surface area contributed by atoms with Gasteiger partial charge in [0, 0.05) is 78.2 Å². The zero-order valence-corrected chi connectivity index (χ0v) is 78.3. The van der Waals surface area contributed by atoms with E-state index in [0.717, 1.165) is 78.2 Å². The van der Waals surface area contributed by atoms with Gasteiger partial charge in [-0.25, -0.2) is 46.8 Å². The lowest BCUT2D eigenvalue weighted by Crippen LogP contribution is -2.31. The minimum atomic E-state index is -3.37. The highest BCUT2D eigenvalue weighted by Gasteiger charge is 2.18. The summed E-state index contributed by atoms with van der Waals surface area (Å²) in [6.45, 7) is 34.4. The summed E-state index contributed by atoms with van der Waals surface area (Å²) in [7, 11) is -1.72. The second kappa shape index (κ2) is 62.4. The third kappa shape index (κ3) is 44.2. The number of fused-ring (bicyclic) bond motifs is 3. The molecule has 716 valence electrons. The maximum absolute atomic E-state index is 12.2. The number of hydrogen-bond acceptors (Lipinski definition) is 22. The van der Waals surface area contributed by atoms with Crippen molar-refractivity contribution >= 4 is 108 Å². The van der Waals surface area contributed by atoms with E-state index >= 15 is 0 Å². The van der Waals surface area contributed by atoms with Crippen molar-refractivity contribution in [3.05, 3.63) is 387 Å². The molecule has 0 aromatic heterocycles. The first-order valence-corrected chi connectivity index (χ1v) is 44.3. The van der Waals surface area contributed by atoms with Crippen LogP contribution >= 0.6 is 0 Å². The molecule has 0 aliphatic carbocycles. The van der Waals surface area contributed by atoms with E-state index in [-0.39, 0.29) is 107 Å². The first kappa shape index (κ1) is 111. The Kier molecular flexibility index (Phi) is 50.4. The summed E-state index contributed by atoms with van der Waals surface area (Å²) < 4.78 is 74.7. The molecule has 0 radical (unpaired) electrons. The molecular weight excluding hydrogens is 1760 g/mol. The standard InChI is InChI=1S/C23H17NO3.C21H20O4.C18H19NO3.C16H16O4S.C12H14O3.C11H12O3.C11H12O2.5H2/c1-4-5-6-9-14-24(22(25)18(2)3)15-16-27-23(26)21-13-12-19-10-7-8-11-20(19)17-21;1-16(2)21(23)25-15-14-24-20(22)13-10-17-8-11-19(12-9-17)18-6-4-3-5-7-18;1-13(2)17(20)19(3)10-11-22-18(21)16-9-8-14-6-4-5-7-15(14)12-16;1-2-16(17)20-10-5-11-21(18,19)15-9-8-13-6-3-4-7-14(13)12-15;1-10(2)12(13)15-9-8-14-11-6-4-3-5-7-11;1-2-11(12)14-9-8-13-10-6-4-3-5-7-10;1-9(2)11(12)13-8-10-6-4-3-5-7-10;;;;;/h1,7-8,10-13,17H,2,15-16H2,3H3;3-13H,1,14-15H2,2H3;4-9,12H,1,10-11H2,2-3H3;2-4,6-9,12H,1,5,10-11H2;3-7H,1,8-9H2,2H3;2-7H,1,8-9H2;3-7H,1,8H2,2H3;5*1H/b;13-10+;;;;;;;;;;. The summed E-state index contributed by atoms with van der Waals surface area (Å²) in [5, 5.41) is 5.94. The van der Waals surface area contributed by atoms with Crippen LogP contribution in [0.2, 0.25) is 0 Å². The lowest BCUT2D eigenvalue weighted by Gasteiger charge is -2.16. The van der Waals surface area contributed by atoms with Crippen molar-refractivity contribution in [2.45, 2.75) is 52.5 Å². The lowest BCUT2D eigenvalue weighted by atomic mass is 10.0. The van der Waals surface area contributed by atoms with Gasteiger partial charge in [-0.2, -0.15) is 0 Å². The Morgan fingerprint density at radius 1 is 0.380 bits per heavy atom. The smallest absolute Gasteiger partial charge is 0.338 e. The Bertz CT molecular complexity index is 6330. The monoisotopic (exact) mass is 1880 g/mol. The fraction of sp³-hybridized carbons (Fsp3) is 0.179. The molecule has 25 heteroatoms. The van der Waals surface area contributed by atoms with Gasteiger partial charge in [-0.3, -0.25) is 14.5 Å². The van der Waals surface area contributed by atoms with Crippen molar-refractivity contribution in [3.8, 4) is 58.8 Å². The number of nitrogens with zero attached hydrogens (tertiary/aromatic N) is 2. The van der Waals surface area contributed by atoms with Crippen LogP contribution in [-0.4, -0.2) is 163 Å². The molecule has 0 unspecified atom stereocenters. The number of rotatable bonds is 36. The molecule has 11 aromatic rings. The second-order valence-electron chi connectivity index (χ2n) is 29.2. The Balaban J connectivity index is 0.00000165. The minimum absolute atomic E-state index is 0. The first-order chi connectivity index (χ1) is 65.8. The average molecular weight is 1880 g/mol. The number of hydrogen-bond donors (Lipinski definition) is 0. The molecule has 0 saturated carbocycles. The predicted molar refractivity (Wildman–Crippen MR) is 544 cm³/mol. The van der Waals surface area contributed by atoms with Gasteiger partial charge in [0.25, 0.3) is 5.91 Å². The Morgan fingerprint density at radius 3 is 1.24 bits per heavy atom. The van der Waals surface area contributed by atoms with Gasteiger partial charge in [0.2, 0.25) is 5.91 Å². The van der Waals surface area contributed by atoms with Gasteiger partial charge in [-0.05, 0) is 174 Å². The maximum Gasteiger partial charge on any atom is 0.338 e. The van der Waals surface area contributed by atoms with Crippen LogP contribution in [0.4, 0.5) is 0 Å². The molecule has 24 nitrogen and oxygen atoms in total. The largest absolute Gasteiger partial charge is 0.490 e. The number of carbonyl (C=O) groups excluding carboxylic acids is 10. The number of likely N-dealkylation sites (N-methyl/N-ethyl adjacent to an activating group) is 1. The molecule has 2 amide bonds. The van der Waals surface area contributed by atoms with Crippen LogP contribution < -0.4 is 9.47 Å². The second-order valence-corrected chi connectivity index (χ2v) is 31.3. The number of terminal acetylenes is 1. The van der Waals surface area contributed by atoms with Gasteiger partial charge in [-0.15, -0.1) is 6.42 Å². The van der Waals surface area contributed by atoms with Crippen molar-refractivity contribution in [2.75, 3.05) is 85.4 Å². The van der Waals surface area contributed by atoms with Crippen LogP contribution in [0.1, 0.15) is 80.0 Å². The zero-order valence-electron chi connectivity index (χ0n) is 77.5. The summed E-state index contributed by atoms with van der Waals surface area (Å²) in [5.74, 6) is 6.79. The van der Waals surface area contributed by atoms with Crippen molar-refractivity contribution in [1.29, 1.82) is 0 Å². The number of sulfone groups is 1. The molecule has 0 bridgehead atoms. The Hall–Kier alpha value is -17.0. The van der Waals surface area contributed by atoms with Crippen LogP contribution in [0.3, 0.4) is 0 Å².